The maximum atomic E-state index is 12.5. The van der Waals surface area contributed by atoms with Crippen molar-refractivity contribution in [2.45, 2.75) is 44.2 Å². The predicted octanol–water partition coefficient (Wildman–Crippen LogP) is 2.54. The molecule has 1 aliphatic heterocycles. The van der Waals surface area contributed by atoms with Gasteiger partial charge in [0.1, 0.15) is 0 Å². The Labute approximate surface area is 177 Å². The summed E-state index contributed by atoms with van der Waals surface area (Å²) >= 11 is 0. The summed E-state index contributed by atoms with van der Waals surface area (Å²) in [6.45, 7) is 5.27. The first-order chi connectivity index (χ1) is 14.3. The number of hydrogen-bond acceptors (Lipinski definition) is 4. The van der Waals surface area contributed by atoms with Gasteiger partial charge in [0, 0.05) is 36.8 Å². The minimum Gasteiger partial charge on any atom is -0.348 e. The number of carbonyl (C=O) groups is 2. The highest BCUT2D eigenvalue weighted by Gasteiger charge is 2.20. The van der Waals surface area contributed by atoms with Gasteiger partial charge < -0.3 is 10.2 Å². The number of benzene rings is 2. The SMILES string of the molecule is CC(C)NS(=O)(=O)c1cccc(C(=O)NCc2cccc(C(=O)N3CCCC3)c2)c1. The fourth-order valence-electron chi connectivity index (χ4n) is 3.38. The van der Waals surface area contributed by atoms with E-state index in [9.17, 15) is 18.0 Å². The zero-order chi connectivity index (χ0) is 21.7. The molecule has 0 atom stereocenters. The number of carbonyl (C=O) groups excluding carboxylic acids is 2. The van der Waals surface area contributed by atoms with Crippen LogP contribution in [-0.4, -0.2) is 44.3 Å². The van der Waals surface area contributed by atoms with Crippen LogP contribution in [0, 0.1) is 0 Å². The maximum absolute atomic E-state index is 12.5. The van der Waals surface area contributed by atoms with Crippen LogP contribution in [0.3, 0.4) is 0 Å². The zero-order valence-electron chi connectivity index (χ0n) is 17.2. The summed E-state index contributed by atoms with van der Waals surface area (Å²) < 4.78 is 27.2. The molecule has 3 rings (SSSR count). The van der Waals surface area contributed by atoms with Crippen LogP contribution in [0.2, 0.25) is 0 Å². The van der Waals surface area contributed by atoms with Gasteiger partial charge in [-0.25, -0.2) is 13.1 Å². The topological polar surface area (TPSA) is 95.6 Å². The number of rotatable bonds is 7. The van der Waals surface area contributed by atoms with Gasteiger partial charge in [0.25, 0.3) is 11.8 Å². The average molecular weight is 430 g/mol. The summed E-state index contributed by atoms with van der Waals surface area (Å²) in [5, 5.41) is 2.79. The highest BCUT2D eigenvalue weighted by Crippen LogP contribution is 2.15. The monoisotopic (exact) mass is 429 g/mol. The lowest BCUT2D eigenvalue weighted by Gasteiger charge is -2.15. The number of amides is 2. The Morgan fingerprint density at radius 1 is 1.00 bits per heavy atom. The third kappa shape index (κ3) is 5.46. The van der Waals surface area contributed by atoms with E-state index in [1.165, 1.54) is 12.1 Å². The van der Waals surface area contributed by atoms with Crippen molar-refractivity contribution in [1.29, 1.82) is 0 Å². The summed E-state index contributed by atoms with van der Waals surface area (Å²) in [5.41, 5.74) is 1.67. The van der Waals surface area contributed by atoms with Crippen LogP contribution < -0.4 is 10.0 Å². The van der Waals surface area contributed by atoms with E-state index in [0.717, 1.165) is 31.5 Å². The summed E-state index contributed by atoms with van der Waals surface area (Å²) in [7, 11) is -3.68. The Morgan fingerprint density at radius 3 is 2.37 bits per heavy atom. The van der Waals surface area contributed by atoms with E-state index < -0.39 is 10.0 Å². The highest BCUT2D eigenvalue weighted by molar-refractivity contribution is 7.89. The molecule has 1 saturated heterocycles. The van der Waals surface area contributed by atoms with Crippen molar-refractivity contribution >= 4 is 21.8 Å². The van der Waals surface area contributed by atoms with Gasteiger partial charge >= 0.3 is 0 Å². The lowest BCUT2D eigenvalue weighted by atomic mass is 10.1. The molecule has 2 N–H and O–H groups in total. The fraction of sp³-hybridized carbons (Fsp3) is 0.364. The number of nitrogens with zero attached hydrogens (tertiary/aromatic N) is 1. The molecular weight excluding hydrogens is 402 g/mol. The summed E-state index contributed by atoms with van der Waals surface area (Å²) in [5.74, 6) is -0.371. The molecule has 1 fully saturated rings. The Balaban J connectivity index is 1.67. The van der Waals surface area contributed by atoms with Crippen molar-refractivity contribution in [1.82, 2.24) is 14.9 Å². The molecule has 160 valence electrons. The maximum Gasteiger partial charge on any atom is 0.253 e. The smallest absolute Gasteiger partial charge is 0.253 e. The molecule has 0 radical (unpaired) electrons. The second kappa shape index (κ2) is 9.40. The minimum absolute atomic E-state index is 0.0104. The molecule has 0 unspecified atom stereocenters. The van der Waals surface area contributed by atoms with E-state index in [1.54, 1.807) is 44.2 Å². The molecule has 0 bridgehead atoms. The number of hydrogen-bond donors (Lipinski definition) is 2. The van der Waals surface area contributed by atoms with E-state index in [-0.39, 0.29) is 34.9 Å². The van der Waals surface area contributed by atoms with Crippen LogP contribution >= 0.6 is 0 Å². The summed E-state index contributed by atoms with van der Waals surface area (Å²) in [6, 6.07) is 12.9. The first-order valence-electron chi connectivity index (χ1n) is 10.0. The first kappa shape index (κ1) is 22.0. The van der Waals surface area contributed by atoms with Gasteiger partial charge in [-0.3, -0.25) is 9.59 Å². The van der Waals surface area contributed by atoms with Gasteiger partial charge in [-0.15, -0.1) is 0 Å². The zero-order valence-corrected chi connectivity index (χ0v) is 18.0. The predicted molar refractivity (Wildman–Crippen MR) is 115 cm³/mol. The van der Waals surface area contributed by atoms with Crippen molar-refractivity contribution in [2.24, 2.45) is 0 Å². The van der Waals surface area contributed by atoms with E-state index >= 15 is 0 Å². The molecular formula is C22H27N3O4S. The third-order valence-corrected chi connectivity index (χ3v) is 6.47. The summed E-state index contributed by atoms with van der Waals surface area (Å²) in [4.78, 5) is 27.0. The van der Waals surface area contributed by atoms with Crippen molar-refractivity contribution < 1.29 is 18.0 Å². The number of nitrogens with one attached hydrogen (secondary N) is 2. The highest BCUT2D eigenvalue weighted by atomic mass is 32.2. The van der Waals surface area contributed by atoms with Gasteiger partial charge in [-0.2, -0.15) is 0 Å². The minimum atomic E-state index is -3.68. The molecule has 2 amide bonds. The number of sulfonamides is 1. The lowest BCUT2D eigenvalue weighted by molar-refractivity contribution is 0.0792. The normalized spacial score (nSPS) is 14.2. The Bertz CT molecular complexity index is 1030. The van der Waals surface area contributed by atoms with Gasteiger partial charge in [0.15, 0.2) is 0 Å². The summed E-state index contributed by atoms with van der Waals surface area (Å²) in [6.07, 6.45) is 2.06. The van der Waals surface area contributed by atoms with Gasteiger partial charge in [-0.05, 0) is 62.6 Å². The quantitative estimate of drug-likeness (QED) is 0.707. The van der Waals surface area contributed by atoms with Crippen molar-refractivity contribution in [3.05, 3.63) is 65.2 Å². The van der Waals surface area contributed by atoms with Crippen molar-refractivity contribution in [2.75, 3.05) is 13.1 Å². The van der Waals surface area contributed by atoms with Crippen molar-refractivity contribution in [3.63, 3.8) is 0 Å². The molecule has 0 saturated carbocycles. The van der Waals surface area contributed by atoms with Crippen LogP contribution in [0.25, 0.3) is 0 Å². The second-order valence-electron chi connectivity index (χ2n) is 7.69. The average Bonchev–Trinajstić information content (AvgIpc) is 3.26. The number of likely N-dealkylation sites (tertiary alicyclic amines) is 1. The van der Waals surface area contributed by atoms with Crippen LogP contribution in [0.5, 0.6) is 0 Å². The van der Waals surface area contributed by atoms with Crippen LogP contribution in [-0.2, 0) is 16.6 Å². The Kier molecular flexibility index (Phi) is 6.89. The van der Waals surface area contributed by atoms with E-state index in [0.29, 0.717) is 5.56 Å². The molecule has 0 aromatic heterocycles. The third-order valence-electron chi connectivity index (χ3n) is 4.82. The molecule has 30 heavy (non-hydrogen) atoms. The van der Waals surface area contributed by atoms with E-state index in [1.807, 2.05) is 11.0 Å². The molecule has 2 aromatic rings. The molecule has 7 nitrogen and oxygen atoms in total. The van der Waals surface area contributed by atoms with Gasteiger partial charge in [0.05, 0.1) is 4.90 Å². The molecule has 1 heterocycles. The fourth-order valence-corrected chi connectivity index (χ4v) is 4.68. The van der Waals surface area contributed by atoms with E-state index in [4.69, 9.17) is 0 Å². The van der Waals surface area contributed by atoms with Crippen LogP contribution in [0.1, 0.15) is 53.0 Å². The van der Waals surface area contributed by atoms with Gasteiger partial charge in [0.2, 0.25) is 10.0 Å². The molecule has 2 aromatic carbocycles. The second-order valence-corrected chi connectivity index (χ2v) is 9.40. The van der Waals surface area contributed by atoms with Crippen LogP contribution in [0.4, 0.5) is 0 Å². The molecule has 8 heteroatoms. The molecule has 0 aliphatic carbocycles. The van der Waals surface area contributed by atoms with Crippen molar-refractivity contribution in [3.8, 4) is 0 Å². The van der Waals surface area contributed by atoms with Crippen LogP contribution in [0.15, 0.2) is 53.4 Å². The van der Waals surface area contributed by atoms with Gasteiger partial charge in [-0.1, -0.05) is 18.2 Å². The first-order valence-corrected chi connectivity index (χ1v) is 11.5. The van der Waals surface area contributed by atoms with E-state index in [2.05, 4.69) is 10.0 Å². The largest absolute Gasteiger partial charge is 0.348 e. The Hall–Kier alpha value is -2.71. The molecule has 0 spiro atoms. The Morgan fingerprint density at radius 2 is 1.67 bits per heavy atom. The lowest BCUT2D eigenvalue weighted by Crippen LogP contribution is -2.30. The standard InChI is InChI=1S/C22H27N3O4S/c1-16(2)24-30(28,29)20-10-6-8-18(14-20)21(26)23-15-17-7-5-9-19(13-17)22(27)25-11-3-4-12-25/h5-10,13-14,16,24H,3-4,11-12,15H2,1-2H3,(H,23,26). The molecule has 1 aliphatic rings.